The minimum atomic E-state index is -3.67. The molecule has 10 heteroatoms. The van der Waals surface area contributed by atoms with Crippen LogP contribution in [-0.4, -0.2) is 53.8 Å². The number of hydrogen-bond acceptors (Lipinski definition) is 6. The van der Waals surface area contributed by atoms with E-state index in [2.05, 4.69) is 16.8 Å². The number of benzene rings is 1. The van der Waals surface area contributed by atoms with Gasteiger partial charge in [0, 0.05) is 31.1 Å². The van der Waals surface area contributed by atoms with Crippen LogP contribution in [0.5, 0.6) is 0 Å². The molecule has 1 aliphatic heterocycles. The Morgan fingerprint density at radius 3 is 2.58 bits per heavy atom. The molecule has 2 atom stereocenters. The molecule has 0 unspecified atom stereocenters. The van der Waals surface area contributed by atoms with Gasteiger partial charge in [-0.1, -0.05) is 6.92 Å². The lowest BCUT2D eigenvalue weighted by Crippen LogP contribution is -2.49. The third-order valence-electron chi connectivity index (χ3n) is 6.85. The summed E-state index contributed by atoms with van der Waals surface area (Å²) in [7, 11) is -3.67. The Balaban J connectivity index is 1.33. The van der Waals surface area contributed by atoms with E-state index in [1.165, 1.54) is 26.9 Å². The summed E-state index contributed by atoms with van der Waals surface area (Å²) in [5.74, 6) is 0.784. The van der Waals surface area contributed by atoms with E-state index < -0.39 is 15.8 Å². The molecule has 0 spiro atoms. The molecule has 1 N–H and O–H groups in total. The number of rotatable bonds is 4. The van der Waals surface area contributed by atoms with Crippen molar-refractivity contribution in [2.75, 3.05) is 26.2 Å². The molecule has 0 radical (unpaired) electrons. The fourth-order valence-corrected chi connectivity index (χ4v) is 7.64. The zero-order valence-corrected chi connectivity index (χ0v) is 20.3. The molecule has 0 saturated carbocycles. The maximum Gasteiger partial charge on any atom is 0.259 e. The first kappa shape index (κ1) is 22.6. The van der Waals surface area contributed by atoms with Crippen LogP contribution in [0, 0.1) is 11.7 Å². The average molecular weight is 491 g/mol. The lowest BCUT2D eigenvalue weighted by molar-refractivity contribution is 0.141. The number of aryl methyl sites for hydroxylation is 1. The van der Waals surface area contributed by atoms with Gasteiger partial charge >= 0.3 is 0 Å². The number of sulfonamides is 1. The summed E-state index contributed by atoms with van der Waals surface area (Å²) in [6.07, 6.45) is 3.04. The van der Waals surface area contributed by atoms with E-state index in [9.17, 15) is 17.6 Å². The number of H-pyrrole nitrogens is 1. The zero-order chi connectivity index (χ0) is 23.3. The number of nitrogens with zero attached hydrogens (tertiary/aromatic N) is 3. The molecule has 7 nitrogen and oxygen atoms in total. The predicted molar refractivity (Wildman–Crippen MR) is 127 cm³/mol. The van der Waals surface area contributed by atoms with Crippen LogP contribution in [0.1, 0.15) is 42.6 Å². The van der Waals surface area contributed by atoms with Crippen LogP contribution in [0.3, 0.4) is 0 Å². The molecule has 0 bridgehead atoms. The largest absolute Gasteiger partial charge is 0.309 e. The molecule has 3 heterocycles. The molecule has 1 saturated heterocycles. The number of thiophene rings is 1. The number of piperazine rings is 1. The quantitative estimate of drug-likeness (QED) is 0.606. The first-order valence-electron chi connectivity index (χ1n) is 11.3. The highest BCUT2D eigenvalue weighted by Crippen LogP contribution is 2.36. The van der Waals surface area contributed by atoms with Crippen molar-refractivity contribution in [2.45, 2.75) is 44.0 Å². The Kier molecular flexibility index (Phi) is 5.88. The van der Waals surface area contributed by atoms with Gasteiger partial charge in [-0.25, -0.2) is 17.8 Å². The van der Waals surface area contributed by atoms with E-state index in [0.29, 0.717) is 37.9 Å². The Labute approximate surface area is 196 Å². The molecule has 2 aliphatic rings. The van der Waals surface area contributed by atoms with Crippen molar-refractivity contribution >= 4 is 31.6 Å². The maximum absolute atomic E-state index is 13.2. The summed E-state index contributed by atoms with van der Waals surface area (Å²) in [6.45, 7) is 5.91. The Hall–Kier alpha value is -2.14. The lowest BCUT2D eigenvalue weighted by atomic mass is 9.89. The summed E-state index contributed by atoms with van der Waals surface area (Å²) >= 11 is 1.63. The van der Waals surface area contributed by atoms with Crippen LogP contribution < -0.4 is 5.56 Å². The monoisotopic (exact) mass is 490 g/mol. The van der Waals surface area contributed by atoms with Gasteiger partial charge in [0.2, 0.25) is 10.0 Å². The summed E-state index contributed by atoms with van der Waals surface area (Å²) in [5.41, 5.74) is 1.09. The van der Waals surface area contributed by atoms with Crippen LogP contribution >= 0.6 is 11.3 Å². The van der Waals surface area contributed by atoms with Gasteiger partial charge in [-0.15, -0.1) is 11.3 Å². The predicted octanol–water partition coefficient (Wildman–Crippen LogP) is 3.32. The summed E-state index contributed by atoms with van der Waals surface area (Å²) in [5, 5.41) is 0.744. The van der Waals surface area contributed by atoms with Crippen LogP contribution in [0.2, 0.25) is 0 Å². The molecule has 1 aromatic carbocycles. The number of aromatic amines is 1. The number of fused-ring (bicyclic) bond motifs is 3. The SMILES string of the molecule is C[C@H]1CCc2c(sc3nc([C@H](C)N4CCN(S(=O)(=O)c5ccc(F)cc5)CC4)[nH]c(=O)c23)C1. The highest BCUT2D eigenvalue weighted by Gasteiger charge is 2.31. The highest BCUT2D eigenvalue weighted by atomic mass is 32.2. The van der Waals surface area contributed by atoms with E-state index in [1.54, 1.807) is 11.3 Å². The minimum absolute atomic E-state index is 0.0774. The number of halogens is 1. The van der Waals surface area contributed by atoms with Crippen LogP contribution in [0.15, 0.2) is 34.0 Å². The Morgan fingerprint density at radius 1 is 1.18 bits per heavy atom. The Morgan fingerprint density at radius 2 is 1.88 bits per heavy atom. The second kappa shape index (κ2) is 8.57. The van der Waals surface area contributed by atoms with Gasteiger partial charge in [0.25, 0.3) is 5.56 Å². The first-order valence-corrected chi connectivity index (χ1v) is 13.5. The van der Waals surface area contributed by atoms with Crippen LogP contribution in [0.4, 0.5) is 4.39 Å². The molecule has 3 aromatic rings. The molecule has 5 rings (SSSR count). The average Bonchev–Trinajstić information content (AvgIpc) is 3.16. The fourth-order valence-electron chi connectivity index (χ4n) is 4.82. The molecule has 176 valence electrons. The van der Waals surface area contributed by atoms with Crippen molar-refractivity contribution < 1.29 is 12.8 Å². The summed E-state index contributed by atoms with van der Waals surface area (Å²) in [6, 6.07) is 4.77. The molecule has 1 aliphatic carbocycles. The molecular formula is C23H27FN4O3S2. The third-order valence-corrected chi connectivity index (χ3v) is 9.91. The highest BCUT2D eigenvalue weighted by molar-refractivity contribution is 7.89. The van der Waals surface area contributed by atoms with E-state index in [-0.39, 0.29) is 16.5 Å². The van der Waals surface area contributed by atoms with Gasteiger partial charge < -0.3 is 4.98 Å². The van der Waals surface area contributed by atoms with E-state index >= 15 is 0 Å². The van der Waals surface area contributed by atoms with Crippen molar-refractivity contribution in [1.82, 2.24) is 19.2 Å². The minimum Gasteiger partial charge on any atom is -0.309 e. The molecule has 2 aromatic heterocycles. The fraction of sp³-hybridized carbons (Fsp3) is 0.478. The number of hydrogen-bond donors (Lipinski definition) is 1. The van der Waals surface area contributed by atoms with Crippen molar-refractivity contribution in [3.05, 3.63) is 56.7 Å². The van der Waals surface area contributed by atoms with Gasteiger partial charge in [0.15, 0.2) is 0 Å². The molecular weight excluding hydrogens is 463 g/mol. The standard InChI is InChI=1S/C23H27FN4O3S2/c1-14-3-8-18-19(13-14)32-23-20(18)22(29)25-21(26-23)15(2)27-9-11-28(12-10-27)33(30,31)17-6-4-16(24)5-7-17/h4-7,14-15H,3,8-13H2,1-2H3,(H,25,26,29)/t14-,15-/m0/s1. The van der Waals surface area contributed by atoms with Gasteiger partial charge in [-0.05, 0) is 61.9 Å². The van der Waals surface area contributed by atoms with Gasteiger partial charge in [0.05, 0.1) is 16.3 Å². The Bertz CT molecular complexity index is 1340. The second-order valence-corrected chi connectivity index (χ2v) is 12.1. The number of aromatic nitrogens is 2. The normalized spacial score (nSPS) is 21.2. The molecule has 0 amide bonds. The second-order valence-electron chi connectivity index (χ2n) is 9.05. The van der Waals surface area contributed by atoms with Gasteiger partial charge in [0.1, 0.15) is 16.5 Å². The zero-order valence-electron chi connectivity index (χ0n) is 18.7. The maximum atomic E-state index is 13.2. The molecule has 1 fully saturated rings. The van der Waals surface area contributed by atoms with Gasteiger partial charge in [-0.3, -0.25) is 9.69 Å². The first-order chi connectivity index (χ1) is 15.7. The lowest BCUT2D eigenvalue weighted by Gasteiger charge is -2.36. The van der Waals surface area contributed by atoms with Crippen molar-refractivity contribution in [3.8, 4) is 0 Å². The topological polar surface area (TPSA) is 86.4 Å². The third kappa shape index (κ3) is 4.14. The van der Waals surface area contributed by atoms with Gasteiger partial charge in [-0.2, -0.15) is 4.31 Å². The van der Waals surface area contributed by atoms with Crippen molar-refractivity contribution in [2.24, 2.45) is 5.92 Å². The smallest absolute Gasteiger partial charge is 0.259 e. The van der Waals surface area contributed by atoms with E-state index in [4.69, 9.17) is 4.98 Å². The van der Waals surface area contributed by atoms with Crippen LogP contribution in [0.25, 0.3) is 10.2 Å². The van der Waals surface area contributed by atoms with Crippen molar-refractivity contribution in [1.29, 1.82) is 0 Å². The van der Waals surface area contributed by atoms with Crippen LogP contribution in [-0.2, 0) is 22.9 Å². The number of nitrogens with one attached hydrogen (secondary N) is 1. The molecule has 33 heavy (non-hydrogen) atoms. The summed E-state index contributed by atoms with van der Waals surface area (Å²) < 4.78 is 40.4. The van der Waals surface area contributed by atoms with E-state index in [1.807, 2.05) is 6.92 Å². The van der Waals surface area contributed by atoms with E-state index in [0.717, 1.165) is 41.6 Å². The summed E-state index contributed by atoms with van der Waals surface area (Å²) in [4.78, 5) is 25.1. The van der Waals surface area contributed by atoms with Crippen molar-refractivity contribution in [3.63, 3.8) is 0 Å².